The lowest BCUT2D eigenvalue weighted by atomic mass is 9.90. The molecule has 0 aromatic heterocycles. The molecule has 1 atom stereocenters. The fourth-order valence-electron chi connectivity index (χ4n) is 1.64. The van der Waals surface area contributed by atoms with Crippen LogP contribution in [0.1, 0.15) is 31.1 Å². The lowest BCUT2D eigenvalue weighted by Crippen LogP contribution is -2.50. The Balaban J connectivity index is 2.67. The summed E-state index contributed by atoms with van der Waals surface area (Å²) in [6.07, 6.45) is 0. The number of nitriles is 1. The van der Waals surface area contributed by atoms with Gasteiger partial charge in [-0.25, -0.2) is 4.39 Å². The van der Waals surface area contributed by atoms with Gasteiger partial charge in [-0.3, -0.25) is 9.59 Å². The summed E-state index contributed by atoms with van der Waals surface area (Å²) in [5.41, 5.74) is 4.15. The molecule has 0 heterocycles. The maximum absolute atomic E-state index is 13.6. The van der Waals surface area contributed by atoms with E-state index in [4.69, 9.17) is 11.0 Å². The highest BCUT2D eigenvalue weighted by molar-refractivity contribution is 5.93. The second-order valence-corrected chi connectivity index (χ2v) is 5.43. The van der Waals surface area contributed by atoms with Gasteiger partial charge in [0, 0.05) is 5.69 Å². The number of hydrogen-bond acceptors (Lipinski definition) is 4. The van der Waals surface area contributed by atoms with E-state index in [1.807, 2.05) is 13.8 Å². The maximum Gasteiger partial charge on any atom is 0.251 e. The Kier molecular flexibility index (Phi) is 5.46. The van der Waals surface area contributed by atoms with Crippen molar-refractivity contribution in [1.82, 2.24) is 5.32 Å². The Bertz CT molecular complexity index is 624. The third-order valence-corrected chi connectivity index (χ3v) is 3.47. The number of hydrogen-bond donors (Lipinski definition) is 3. The average molecular weight is 306 g/mol. The highest BCUT2D eigenvalue weighted by Crippen LogP contribution is 2.16. The molecule has 6 nitrogen and oxygen atoms in total. The minimum atomic E-state index is -0.972. The molecule has 22 heavy (non-hydrogen) atoms. The Hall–Kier alpha value is -2.62. The van der Waals surface area contributed by atoms with Gasteiger partial charge in [0.15, 0.2) is 0 Å². The lowest BCUT2D eigenvalue weighted by Gasteiger charge is -2.27. The highest BCUT2D eigenvalue weighted by atomic mass is 19.1. The number of benzene rings is 1. The molecular formula is C15H19FN4O2. The lowest BCUT2D eigenvalue weighted by molar-refractivity contribution is -0.121. The fraction of sp³-hybridized carbons (Fsp3) is 0.400. The standard InChI is InChI=1S/C15H19FN4O2/c1-9(2)15(3,8-17)20-13(21)7-19-10-4-5-11(14(18)22)12(16)6-10/h4-6,9,19H,7H2,1-3H3,(H2,18,22)(H,20,21)/t15-/m1/s1. The van der Waals surface area contributed by atoms with E-state index < -0.39 is 23.2 Å². The quantitative estimate of drug-likeness (QED) is 0.738. The number of anilines is 1. The van der Waals surface area contributed by atoms with Crippen LogP contribution in [0.4, 0.5) is 10.1 Å². The Morgan fingerprint density at radius 2 is 2.09 bits per heavy atom. The van der Waals surface area contributed by atoms with Gasteiger partial charge in [-0.1, -0.05) is 13.8 Å². The Morgan fingerprint density at radius 1 is 1.45 bits per heavy atom. The minimum Gasteiger partial charge on any atom is -0.376 e. The van der Waals surface area contributed by atoms with Crippen molar-refractivity contribution in [1.29, 1.82) is 5.26 Å². The Labute approximate surface area is 128 Å². The average Bonchev–Trinajstić information content (AvgIpc) is 2.44. The summed E-state index contributed by atoms with van der Waals surface area (Å²) in [7, 11) is 0. The molecule has 4 N–H and O–H groups in total. The molecule has 0 saturated carbocycles. The zero-order valence-electron chi connectivity index (χ0n) is 12.7. The predicted molar refractivity (Wildman–Crippen MR) is 80.4 cm³/mol. The van der Waals surface area contributed by atoms with Crippen LogP contribution in [0.15, 0.2) is 18.2 Å². The molecule has 0 unspecified atom stereocenters. The van der Waals surface area contributed by atoms with Crippen molar-refractivity contribution in [3.63, 3.8) is 0 Å². The van der Waals surface area contributed by atoms with E-state index in [0.717, 1.165) is 6.07 Å². The summed E-state index contributed by atoms with van der Waals surface area (Å²) in [4.78, 5) is 22.8. The van der Waals surface area contributed by atoms with Gasteiger partial charge in [0.2, 0.25) is 5.91 Å². The molecule has 1 aromatic carbocycles. The van der Waals surface area contributed by atoms with Gasteiger partial charge in [-0.2, -0.15) is 5.26 Å². The van der Waals surface area contributed by atoms with Crippen LogP contribution >= 0.6 is 0 Å². The molecule has 2 amide bonds. The van der Waals surface area contributed by atoms with Gasteiger partial charge in [-0.05, 0) is 31.0 Å². The first-order chi connectivity index (χ1) is 10.2. The third kappa shape index (κ3) is 4.19. The number of halogens is 1. The zero-order valence-corrected chi connectivity index (χ0v) is 12.7. The number of primary amides is 1. The molecule has 0 aliphatic heterocycles. The maximum atomic E-state index is 13.6. The first kappa shape index (κ1) is 17.4. The minimum absolute atomic E-state index is 0.0613. The number of rotatable bonds is 6. The number of carbonyl (C=O) groups excluding carboxylic acids is 2. The highest BCUT2D eigenvalue weighted by Gasteiger charge is 2.29. The van der Waals surface area contributed by atoms with Crippen LogP contribution in [-0.2, 0) is 4.79 Å². The van der Waals surface area contributed by atoms with Gasteiger partial charge in [-0.15, -0.1) is 0 Å². The molecule has 1 aromatic rings. The normalized spacial score (nSPS) is 13.1. The van der Waals surface area contributed by atoms with Crippen LogP contribution in [-0.4, -0.2) is 23.9 Å². The second kappa shape index (κ2) is 6.89. The molecule has 7 heteroatoms. The number of carbonyl (C=O) groups is 2. The van der Waals surface area contributed by atoms with E-state index >= 15 is 0 Å². The summed E-state index contributed by atoms with van der Waals surface area (Å²) in [5, 5.41) is 14.5. The number of amides is 2. The molecule has 0 bridgehead atoms. The second-order valence-electron chi connectivity index (χ2n) is 5.43. The number of nitrogens with zero attached hydrogens (tertiary/aromatic N) is 1. The summed E-state index contributed by atoms with van der Waals surface area (Å²) in [6.45, 7) is 5.17. The van der Waals surface area contributed by atoms with Gasteiger partial charge >= 0.3 is 0 Å². The topological polar surface area (TPSA) is 108 Å². The molecule has 0 aliphatic carbocycles. The SMILES string of the molecule is CC(C)[C@@](C)(C#N)NC(=O)CNc1ccc(C(N)=O)c(F)c1. The summed E-state index contributed by atoms with van der Waals surface area (Å²) in [5.74, 6) is -2.07. The predicted octanol–water partition coefficient (Wildman–Crippen LogP) is 1.39. The van der Waals surface area contributed by atoms with Crippen LogP contribution < -0.4 is 16.4 Å². The monoisotopic (exact) mass is 306 g/mol. The van der Waals surface area contributed by atoms with Crippen molar-refractivity contribution in [2.75, 3.05) is 11.9 Å². The molecule has 0 aliphatic rings. The van der Waals surface area contributed by atoms with E-state index in [1.165, 1.54) is 12.1 Å². The molecule has 118 valence electrons. The van der Waals surface area contributed by atoms with E-state index in [0.29, 0.717) is 5.69 Å². The van der Waals surface area contributed by atoms with Crippen LogP contribution in [0, 0.1) is 23.1 Å². The van der Waals surface area contributed by atoms with Crippen molar-refractivity contribution < 1.29 is 14.0 Å². The van der Waals surface area contributed by atoms with E-state index in [-0.39, 0.29) is 18.0 Å². The Morgan fingerprint density at radius 3 is 2.55 bits per heavy atom. The third-order valence-electron chi connectivity index (χ3n) is 3.47. The number of nitrogens with two attached hydrogens (primary N) is 1. The van der Waals surface area contributed by atoms with Crippen LogP contribution in [0.25, 0.3) is 0 Å². The van der Waals surface area contributed by atoms with Crippen molar-refractivity contribution in [3.8, 4) is 6.07 Å². The van der Waals surface area contributed by atoms with E-state index in [1.54, 1.807) is 6.92 Å². The van der Waals surface area contributed by atoms with Crippen molar-refractivity contribution >= 4 is 17.5 Å². The van der Waals surface area contributed by atoms with Crippen molar-refractivity contribution in [3.05, 3.63) is 29.6 Å². The number of nitrogens with one attached hydrogen (secondary N) is 2. The van der Waals surface area contributed by atoms with Crippen molar-refractivity contribution in [2.45, 2.75) is 26.3 Å². The van der Waals surface area contributed by atoms with Crippen LogP contribution in [0.3, 0.4) is 0 Å². The van der Waals surface area contributed by atoms with E-state index in [9.17, 15) is 14.0 Å². The molecule has 0 saturated heterocycles. The summed E-state index contributed by atoms with van der Waals surface area (Å²) in [6, 6.07) is 5.84. The molecule has 0 spiro atoms. The van der Waals surface area contributed by atoms with Gasteiger partial charge < -0.3 is 16.4 Å². The van der Waals surface area contributed by atoms with Gasteiger partial charge in [0.25, 0.3) is 5.91 Å². The van der Waals surface area contributed by atoms with Gasteiger partial charge in [0.1, 0.15) is 11.4 Å². The van der Waals surface area contributed by atoms with Crippen LogP contribution in [0.2, 0.25) is 0 Å². The summed E-state index contributed by atoms with van der Waals surface area (Å²) >= 11 is 0. The first-order valence-corrected chi connectivity index (χ1v) is 6.75. The molecule has 0 radical (unpaired) electrons. The molecule has 1 rings (SSSR count). The fourth-order valence-corrected chi connectivity index (χ4v) is 1.64. The smallest absolute Gasteiger partial charge is 0.251 e. The van der Waals surface area contributed by atoms with E-state index in [2.05, 4.69) is 16.7 Å². The van der Waals surface area contributed by atoms with Crippen molar-refractivity contribution in [2.24, 2.45) is 11.7 Å². The van der Waals surface area contributed by atoms with Crippen LogP contribution in [0.5, 0.6) is 0 Å². The van der Waals surface area contributed by atoms with Gasteiger partial charge in [0.05, 0.1) is 18.2 Å². The first-order valence-electron chi connectivity index (χ1n) is 6.75. The molecule has 0 fully saturated rings. The summed E-state index contributed by atoms with van der Waals surface area (Å²) < 4.78 is 13.6. The zero-order chi connectivity index (χ0) is 16.9. The largest absolute Gasteiger partial charge is 0.376 e. The molecular weight excluding hydrogens is 287 g/mol.